The zero-order valence-electron chi connectivity index (χ0n) is 7.71. The lowest BCUT2D eigenvalue weighted by molar-refractivity contribution is 0.0622. The predicted octanol–water partition coefficient (Wildman–Crippen LogP) is 3.83. The minimum atomic E-state index is -0.449. The van der Waals surface area contributed by atoms with Gasteiger partial charge in [-0.05, 0) is 37.0 Å². The lowest BCUT2D eigenvalue weighted by Gasteiger charge is -2.30. The van der Waals surface area contributed by atoms with E-state index in [0.717, 1.165) is 18.4 Å². The molecule has 1 aromatic rings. The Hall–Kier alpha value is -0.240. The molecule has 76 valence electrons. The number of benzene rings is 1. The maximum absolute atomic E-state index is 10.0. The van der Waals surface area contributed by atoms with Crippen molar-refractivity contribution in [2.24, 2.45) is 5.92 Å². The minimum Gasteiger partial charge on any atom is -0.388 e. The summed E-state index contributed by atoms with van der Waals surface area (Å²) in [6.07, 6.45) is 2.93. The standard InChI is InChI=1S/C11H12Cl2O/c12-8-4-5-10(13)9(6-8)11(14)7-2-1-3-7/h4-7,11,14H,1-3H2. The van der Waals surface area contributed by atoms with Gasteiger partial charge >= 0.3 is 0 Å². The van der Waals surface area contributed by atoms with Crippen molar-refractivity contribution >= 4 is 23.2 Å². The monoisotopic (exact) mass is 230 g/mol. The Morgan fingerprint density at radius 3 is 2.57 bits per heavy atom. The van der Waals surface area contributed by atoms with Gasteiger partial charge in [0.25, 0.3) is 0 Å². The number of aliphatic hydroxyl groups is 1. The van der Waals surface area contributed by atoms with Gasteiger partial charge in [0.15, 0.2) is 0 Å². The molecule has 0 spiro atoms. The van der Waals surface area contributed by atoms with Gasteiger partial charge in [-0.3, -0.25) is 0 Å². The summed E-state index contributed by atoms with van der Waals surface area (Å²) in [4.78, 5) is 0. The SMILES string of the molecule is OC(c1cc(Cl)ccc1Cl)C1CCC1. The molecule has 1 unspecified atom stereocenters. The second-order valence-corrected chi connectivity index (χ2v) is 4.65. The van der Waals surface area contributed by atoms with Crippen LogP contribution in [0.5, 0.6) is 0 Å². The highest BCUT2D eigenvalue weighted by molar-refractivity contribution is 6.33. The van der Waals surface area contributed by atoms with E-state index in [2.05, 4.69) is 0 Å². The summed E-state index contributed by atoms with van der Waals surface area (Å²) in [7, 11) is 0. The molecule has 0 aromatic heterocycles. The van der Waals surface area contributed by atoms with E-state index in [1.165, 1.54) is 6.42 Å². The van der Waals surface area contributed by atoms with Crippen LogP contribution in [0.2, 0.25) is 10.0 Å². The molecular weight excluding hydrogens is 219 g/mol. The van der Waals surface area contributed by atoms with Crippen molar-refractivity contribution in [2.45, 2.75) is 25.4 Å². The number of hydrogen-bond acceptors (Lipinski definition) is 1. The molecule has 1 aliphatic rings. The van der Waals surface area contributed by atoms with Gasteiger partial charge in [0.1, 0.15) is 0 Å². The van der Waals surface area contributed by atoms with E-state index in [1.807, 2.05) is 0 Å². The van der Waals surface area contributed by atoms with Crippen molar-refractivity contribution in [1.29, 1.82) is 0 Å². The van der Waals surface area contributed by atoms with Crippen LogP contribution in [-0.4, -0.2) is 5.11 Å². The van der Waals surface area contributed by atoms with E-state index in [0.29, 0.717) is 16.0 Å². The van der Waals surface area contributed by atoms with Crippen molar-refractivity contribution in [3.8, 4) is 0 Å². The van der Waals surface area contributed by atoms with Gasteiger partial charge < -0.3 is 5.11 Å². The van der Waals surface area contributed by atoms with E-state index in [-0.39, 0.29) is 0 Å². The normalized spacial score (nSPS) is 19.1. The quantitative estimate of drug-likeness (QED) is 0.820. The first-order valence-corrected chi connectivity index (χ1v) is 5.57. The molecule has 1 saturated carbocycles. The fraction of sp³-hybridized carbons (Fsp3) is 0.455. The van der Waals surface area contributed by atoms with Crippen molar-refractivity contribution in [3.63, 3.8) is 0 Å². The van der Waals surface area contributed by atoms with Crippen molar-refractivity contribution in [1.82, 2.24) is 0 Å². The Balaban J connectivity index is 2.24. The predicted molar refractivity (Wildman–Crippen MR) is 58.8 cm³/mol. The smallest absolute Gasteiger partial charge is 0.0833 e. The molecule has 1 atom stereocenters. The first kappa shape index (κ1) is 10.3. The summed E-state index contributed by atoms with van der Waals surface area (Å²) in [5.41, 5.74) is 0.767. The Bertz CT molecular complexity index is 334. The van der Waals surface area contributed by atoms with Crippen LogP contribution in [0.25, 0.3) is 0 Å². The molecule has 1 N–H and O–H groups in total. The highest BCUT2D eigenvalue weighted by Gasteiger charge is 2.28. The number of rotatable bonds is 2. The van der Waals surface area contributed by atoms with E-state index in [9.17, 15) is 5.11 Å². The van der Waals surface area contributed by atoms with E-state index in [1.54, 1.807) is 18.2 Å². The Morgan fingerprint density at radius 2 is 2.00 bits per heavy atom. The zero-order valence-corrected chi connectivity index (χ0v) is 9.22. The average molecular weight is 231 g/mol. The first-order valence-electron chi connectivity index (χ1n) is 4.81. The maximum atomic E-state index is 10.0. The second kappa shape index (κ2) is 4.09. The molecule has 0 amide bonds. The molecule has 1 aromatic carbocycles. The highest BCUT2D eigenvalue weighted by Crippen LogP contribution is 2.40. The van der Waals surface area contributed by atoms with Crippen LogP contribution in [0, 0.1) is 5.92 Å². The molecule has 14 heavy (non-hydrogen) atoms. The third kappa shape index (κ3) is 1.90. The fourth-order valence-corrected chi connectivity index (χ4v) is 2.16. The third-order valence-electron chi connectivity index (χ3n) is 2.87. The third-order valence-corrected chi connectivity index (χ3v) is 3.45. The van der Waals surface area contributed by atoms with E-state index >= 15 is 0 Å². The van der Waals surface area contributed by atoms with Crippen LogP contribution in [0.15, 0.2) is 18.2 Å². The van der Waals surface area contributed by atoms with Crippen LogP contribution < -0.4 is 0 Å². The van der Waals surface area contributed by atoms with Crippen molar-refractivity contribution in [3.05, 3.63) is 33.8 Å². The van der Waals surface area contributed by atoms with Gasteiger partial charge in [-0.15, -0.1) is 0 Å². The number of hydrogen-bond donors (Lipinski definition) is 1. The van der Waals surface area contributed by atoms with Gasteiger partial charge in [-0.25, -0.2) is 0 Å². The molecule has 0 aliphatic heterocycles. The summed E-state index contributed by atoms with van der Waals surface area (Å²) in [6.45, 7) is 0. The molecule has 0 saturated heterocycles. The van der Waals surface area contributed by atoms with Crippen LogP contribution in [0.1, 0.15) is 30.9 Å². The van der Waals surface area contributed by atoms with E-state index < -0.39 is 6.10 Å². The number of aliphatic hydroxyl groups excluding tert-OH is 1. The topological polar surface area (TPSA) is 20.2 Å². The summed E-state index contributed by atoms with van der Waals surface area (Å²) in [5.74, 6) is 0.367. The Labute approximate surface area is 93.7 Å². The molecule has 3 heteroatoms. The lowest BCUT2D eigenvalue weighted by Crippen LogP contribution is -2.20. The summed E-state index contributed by atoms with van der Waals surface area (Å²) < 4.78 is 0. The van der Waals surface area contributed by atoms with Crippen LogP contribution in [0.3, 0.4) is 0 Å². The van der Waals surface area contributed by atoms with Gasteiger partial charge in [-0.1, -0.05) is 29.6 Å². The molecule has 0 heterocycles. The van der Waals surface area contributed by atoms with Gasteiger partial charge in [0.05, 0.1) is 6.10 Å². The van der Waals surface area contributed by atoms with Crippen molar-refractivity contribution < 1.29 is 5.11 Å². The largest absolute Gasteiger partial charge is 0.388 e. The summed E-state index contributed by atoms with van der Waals surface area (Å²) in [6, 6.07) is 5.23. The second-order valence-electron chi connectivity index (χ2n) is 3.80. The highest BCUT2D eigenvalue weighted by atomic mass is 35.5. The van der Waals surface area contributed by atoms with E-state index in [4.69, 9.17) is 23.2 Å². The minimum absolute atomic E-state index is 0.367. The molecule has 1 fully saturated rings. The molecule has 0 radical (unpaired) electrons. The molecule has 0 bridgehead atoms. The summed E-state index contributed by atoms with van der Waals surface area (Å²) in [5, 5.41) is 11.2. The van der Waals surface area contributed by atoms with Gasteiger partial charge in [0, 0.05) is 15.6 Å². The summed E-state index contributed by atoms with van der Waals surface area (Å²) >= 11 is 11.9. The first-order chi connectivity index (χ1) is 6.68. The van der Waals surface area contributed by atoms with Crippen molar-refractivity contribution in [2.75, 3.05) is 0 Å². The Morgan fingerprint density at radius 1 is 1.29 bits per heavy atom. The van der Waals surface area contributed by atoms with Crippen LogP contribution in [-0.2, 0) is 0 Å². The van der Waals surface area contributed by atoms with Crippen LogP contribution in [0.4, 0.5) is 0 Å². The fourth-order valence-electron chi connectivity index (χ4n) is 1.75. The average Bonchev–Trinajstić information content (AvgIpc) is 2.06. The Kier molecular flexibility index (Phi) is 3.01. The lowest BCUT2D eigenvalue weighted by atomic mass is 9.79. The molecule has 1 aliphatic carbocycles. The molecule has 2 rings (SSSR count). The van der Waals surface area contributed by atoms with Gasteiger partial charge in [-0.2, -0.15) is 0 Å². The van der Waals surface area contributed by atoms with Gasteiger partial charge in [0.2, 0.25) is 0 Å². The zero-order chi connectivity index (χ0) is 10.1. The number of halogens is 2. The molecule has 1 nitrogen and oxygen atoms in total. The maximum Gasteiger partial charge on any atom is 0.0833 e. The molecular formula is C11H12Cl2O. The van der Waals surface area contributed by atoms with Crippen LogP contribution >= 0.6 is 23.2 Å².